The van der Waals surface area contributed by atoms with Crippen LogP contribution >= 0.6 is 0 Å². The lowest BCUT2D eigenvalue weighted by molar-refractivity contribution is -0.00456. The van der Waals surface area contributed by atoms with Gasteiger partial charge in [0.1, 0.15) is 5.76 Å². The maximum atomic E-state index is 5.95. The van der Waals surface area contributed by atoms with Gasteiger partial charge in [0, 0.05) is 11.8 Å². The van der Waals surface area contributed by atoms with Gasteiger partial charge in [-0.3, -0.25) is 0 Å². The smallest absolute Gasteiger partial charge is 0.197 e. The van der Waals surface area contributed by atoms with Crippen molar-refractivity contribution in [3.8, 4) is 0 Å². The fraction of sp³-hybridized carbons (Fsp3) is 0.824. The molecule has 3 nitrogen and oxygen atoms in total. The molecule has 1 aromatic heterocycles. The molecule has 4 saturated carbocycles. The third-order valence-corrected chi connectivity index (χ3v) is 5.97. The summed E-state index contributed by atoms with van der Waals surface area (Å²) in [4.78, 5) is 4.88. The number of nitrogens with zero attached hydrogens (tertiary/aromatic N) is 1. The molecule has 0 spiro atoms. The van der Waals surface area contributed by atoms with Crippen LogP contribution in [-0.2, 0) is 6.54 Å². The minimum atomic E-state index is 0.353. The minimum Gasteiger partial charge on any atom is -0.444 e. The van der Waals surface area contributed by atoms with Crippen molar-refractivity contribution in [3.63, 3.8) is 0 Å². The summed E-state index contributed by atoms with van der Waals surface area (Å²) in [7, 11) is 0. The number of aromatic nitrogens is 1. The second kappa shape index (κ2) is 4.59. The Morgan fingerprint density at radius 1 is 1.10 bits per heavy atom. The molecule has 0 aliphatic heterocycles. The predicted molar refractivity (Wildman–Crippen MR) is 78.3 cm³/mol. The molecule has 20 heavy (non-hydrogen) atoms. The number of hydrogen-bond donors (Lipinski definition) is 1. The number of nitrogens with two attached hydrogens (primary N) is 1. The van der Waals surface area contributed by atoms with Gasteiger partial charge in [-0.1, -0.05) is 13.8 Å². The number of rotatable bonds is 3. The minimum absolute atomic E-state index is 0.353. The van der Waals surface area contributed by atoms with Gasteiger partial charge >= 0.3 is 0 Å². The molecule has 4 aliphatic carbocycles. The van der Waals surface area contributed by atoms with Crippen molar-refractivity contribution >= 4 is 0 Å². The van der Waals surface area contributed by atoms with E-state index in [0.717, 1.165) is 35.3 Å². The van der Waals surface area contributed by atoms with E-state index in [1.165, 1.54) is 37.8 Å². The van der Waals surface area contributed by atoms with Crippen LogP contribution in [0, 0.1) is 23.7 Å². The van der Waals surface area contributed by atoms with Crippen LogP contribution in [0.25, 0.3) is 0 Å². The van der Waals surface area contributed by atoms with E-state index in [0.29, 0.717) is 18.4 Å². The second-order valence-corrected chi connectivity index (χ2v) is 7.68. The third-order valence-electron chi connectivity index (χ3n) is 5.97. The van der Waals surface area contributed by atoms with Crippen LogP contribution in [0.2, 0.25) is 0 Å². The molecule has 2 N–H and O–H groups in total. The van der Waals surface area contributed by atoms with Gasteiger partial charge in [-0.2, -0.15) is 0 Å². The van der Waals surface area contributed by atoms with E-state index < -0.39 is 0 Å². The van der Waals surface area contributed by atoms with E-state index in [2.05, 4.69) is 13.8 Å². The maximum absolute atomic E-state index is 5.95. The molecule has 1 heterocycles. The molecule has 0 amide bonds. The monoisotopic (exact) mass is 274 g/mol. The van der Waals surface area contributed by atoms with Crippen molar-refractivity contribution in [1.82, 2.24) is 4.98 Å². The van der Waals surface area contributed by atoms with E-state index >= 15 is 0 Å². The highest BCUT2D eigenvalue weighted by molar-refractivity contribution is 5.22. The van der Waals surface area contributed by atoms with Crippen molar-refractivity contribution < 1.29 is 4.42 Å². The zero-order chi connectivity index (χ0) is 13.9. The van der Waals surface area contributed by atoms with Crippen molar-refractivity contribution in [2.75, 3.05) is 0 Å². The van der Waals surface area contributed by atoms with E-state index in [1.54, 1.807) is 0 Å². The Morgan fingerprint density at radius 3 is 2.20 bits per heavy atom. The van der Waals surface area contributed by atoms with E-state index in [-0.39, 0.29) is 0 Å². The van der Waals surface area contributed by atoms with Crippen molar-refractivity contribution in [2.24, 2.45) is 29.4 Å². The molecule has 0 unspecified atom stereocenters. The molecule has 4 aliphatic rings. The zero-order valence-corrected chi connectivity index (χ0v) is 12.6. The molecule has 110 valence electrons. The van der Waals surface area contributed by atoms with Crippen molar-refractivity contribution in [3.05, 3.63) is 17.3 Å². The Kier molecular flexibility index (Phi) is 2.95. The first-order valence-corrected chi connectivity index (χ1v) is 8.35. The standard InChI is InChI=1S/C17H26N2O/c1-9(2)17-19-16(14(8-18)20-17)15-12-4-10-3-11(6-12)7-13(15)5-10/h9-13,15H,3-8,18H2,1-2H3. The quantitative estimate of drug-likeness (QED) is 0.912. The van der Waals surface area contributed by atoms with Gasteiger partial charge in [0.25, 0.3) is 0 Å². The molecular weight excluding hydrogens is 248 g/mol. The Bertz CT molecular complexity index is 477. The van der Waals surface area contributed by atoms with Crippen LogP contribution < -0.4 is 5.73 Å². The fourth-order valence-corrected chi connectivity index (χ4v) is 5.41. The van der Waals surface area contributed by atoms with Gasteiger partial charge in [-0.05, 0) is 55.8 Å². The summed E-state index contributed by atoms with van der Waals surface area (Å²) in [5, 5.41) is 0. The van der Waals surface area contributed by atoms with Gasteiger partial charge in [-0.15, -0.1) is 0 Å². The molecule has 0 atom stereocenters. The van der Waals surface area contributed by atoms with Gasteiger partial charge in [0.15, 0.2) is 5.89 Å². The average Bonchev–Trinajstić information content (AvgIpc) is 2.81. The van der Waals surface area contributed by atoms with E-state index in [4.69, 9.17) is 15.1 Å². The molecule has 0 aromatic carbocycles. The van der Waals surface area contributed by atoms with E-state index in [9.17, 15) is 0 Å². The average molecular weight is 274 g/mol. The van der Waals surface area contributed by atoms with E-state index in [1.807, 2.05) is 0 Å². The summed E-state index contributed by atoms with van der Waals surface area (Å²) in [5.74, 6) is 6.55. The van der Waals surface area contributed by atoms with Crippen LogP contribution in [-0.4, -0.2) is 4.98 Å². The largest absolute Gasteiger partial charge is 0.444 e. The summed E-state index contributed by atoms with van der Waals surface area (Å²) in [5.41, 5.74) is 7.15. The molecule has 0 saturated heterocycles. The first kappa shape index (κ1) is 12.9. The summed E-state index contributed by atoms with van der Waals surface area (Å²) in [6, 6.07) is 0. The summed E-state index contributed by atoms with van der Waals surface area (Å²) in [6.07, 6.45) is 7.19. The summed E-state index contributed by atoms with van der Waals surface area (Å²) < 4.78 is 5.95. The third kappa shape index (κ3) is 1.86. The highest BCUT2D eigenvalue weighted by Crippen LogP contribution is 2.60. The Hall–Kier alpha value is -0.830. The molecule has 5 rings (SSSR count). The fourth-order valence-electron chi connectivity index (χ4n) is 5.41. The summed E-state index contributed by atoms with van der Waals surface area (Å²) in [6.45, 7) is 4.79. The van der Waals surface area contributed by atoms with Gasteiger partial charge in [-0.25, -0.2) is 4.98 Å². The lowest BCUT2D eigenvalue weighted by atomic mass is 9.51. The van der Waals surface area contributed by atoms with Gasteiger partial charge in [0.2, 0.25) is 0 Å². The molecule has 0 radical (unpaired) electrons. The molecule has 4 bridgehead atoms. The number of oxazole rings is 1. The summed E-state index contributed by atoms with van der Waals surface area (Å²) >= 11 is 0. The lowest BCUT2D eigenvalue weighted by Gasteiger charge is -2.54. The highest BCUT2D eigenvalue weighted by Gasteiger charge is 2.50. The molecule has 3 heteroatoms. The highest BCUT2D eigenvalue weighted by atomic mass is 16.4. The first-order valence-electron chi connectivity index (χ1n) is 8.35. The second-order valence-electron chi connectivity index (χ2n) is 7.68. The molecule has 4 fully saturated rings. The van der Waals surface area contributed by atoms with Crippen molar-refractivity contribution in [2.45, 2.75) is 64.3 Å². The SMILES string of the molecule is CC(C)c1nc(C2C3CC4CC(C3)CC2C4)c(CN)o1. The lowest BCUT2D eigenvalue weighted by Crippen LogP contribution is -2.44. The predicted octanol–water partition coefficient (Wildman–Crippen LogP) is 3.80. The van der Waals surface area contributed by atoms with Gasteiger partial charge < -0.3 is 10.2 Å². The molecule has 1 aromatic rings. The maximum Gasteiger partial charge on any atom is 0.197 e. The first-order chi connectivity index (χ1) is 9.65. The number of hydrogen-bond acceptors (Lipinski definition) is 3. The van der Waals surface area contributed by atoms with Crippen LogP contribution in [0.3, 0.4) is 0 Å². The van der Waals surface area contributed by atoms with Crippen LogP contribution in [0.5, 0.6) is 0 Å². The normalized spacial score (nSPS) is 38.9. The Balaban J connectivity index is 1.70. The van der Waals surface area contributed by atoms with Crippen LogP contribution in [0.1, 0.15) is 75.1 Å². The van der Waals surface area contributed by atoms with Crippen LogP contribution in [0.15, 0.2) is 4.42 Å². The zero-order valence-electron chi connectivity index (χ0n) is 12.6. The van der Waals surface area contributed by atoms with Gasteiger partial charge in [0.05, 0.1) is 12.2 Å². The van der Waals surface area contributed by atoms with Crippen LogP contribution in [0.4, 0.5) is 0 Å². The Labute approximate surface area is 121 Å². The Morgan fingerprint density at radius 2 is 1.70 bits per heavy atom. The topological polar surface area (TPSA) is 52.0 Å². The van der Waals surface area contributed by atoms with Crippen molar-refractivity contribution in [1.29, 1.82) is 0 Å². The molecular formula is C17H26N2O.